The van der Waals surface area contributed by atoms with E-state index >= 15 is 0 Å². The first kappa shape index (κ1) is 29.7. The van der Waals surface area contributed by atoms with Crippen LogP contribution in [0.5, 0.6) is 11.5 Å². The van der Waals surface area contributed by atoms with Gasteiger partial charge in [0, 0.05) is 12.0 Å². The largest absolute Gasteiger partial charge is 0.508 e. The van der Waals surface area contributed by atoms with Crippen LogP contribution >= 0.6 is 0 Å². The Morgan fingerprint density at radius 3 is 2.28 bits per heavy atom. The Bertz CT molecular complexity index is 1240. The highest BCUT2D eigenvalue weighted by atomic mass is 16.5. The lowest BCUT2D eigenvalue weighted by Crippen LogP contribution is -2.37. The first-order chi connectivity index (χ1) is 18.6. The summed E-state index contributed by atoms with van der Waals surface area (Å²) in [7, 11) is 0. The van der Waals surface area contributed by atoms with Crippen LogP contribution in [0.1, 0.15) is 58.1 Å². The van der Waals surface area contributed by atoms with Gasteiger partial charge in [-0.25, -0.2) is 0 Å². The highest BCUT2D eigenvalue weighted by molar-refractivity contribution is 6.02. The lowest BCUT2D eigenvalue weighted by atomic mass is 9.76. The van der Waals surface area contributed by atoms with E-state index in [1.807, 2.05) is 31.2 Å². The van der Waals surface area contributed by atoms with Crippen LogP contribution in [0.2, 0.25) is 0 Å². The summed E-state index contributed by atoms with van der Waals surface area (Å²) in [5.41, 5.74) is 3.89. The van der Waals surface area contributed by atoms with Gasteiger partial charge < -0.3 is 20.1 Å². The van der Waals surface area contributed by atoms with Crippen molar-refractivity contribution in [2.75, 3.05) is 0 Å². The second kappa shape index (κ2) is 14.4. The molecular formula is C34H40O5. The Morgan fingerprint density at radius 1 is 1.03 bits per heavy atom. The SMILES string of the molecule is CC(C)=CCCC(C)C1CC(O)C(C)=CC1Oc1ccc(C=CC(O)=CC(=O)C=Cc2ccc(O)cc2)cc1. The third kappa shape index (κ3) is 9.77. The van der Waals surface area contributed by atoms with E-state index < -0.39 is 6.10 Å². The Labute approximate surface area is 232 Å². The first-order valence-corrected chi connectivity index (χ1v) is 13.5. The standard InChI is InChI=1S/C34H40O5/c1-23(2)6-5-7-24(3)32-22-33(38)25(4)20-34(32)39-31-18-12-27(13-19-31)11-17-30(37)21-29(36)16-10-26-8-14-28(35)15-9-26/h6,8-21,24,32-35,37-38H,5,7,22H2,1-4H3. The summed E-state index contributed by atoms with van der Waals surface area (Å²) >= 11 is 0. The van der Waals surface area contributed by atoms with Gasteiger partial charge in [-0.1, -0.05) is 55.0 Å². The van der Waals surface area contributed by atoms with Crippen LogP contribution in [0.15, 0.2) is 95.8 Å². The van der Waals surface area contributed by atoms with Crippen LogP contribution in [0, 0.1) is 11.8 Å². The maximum Gasteiger partial charge on any atom is 0.182 e. The third-order valence-electron chi connectivity index (χ3n) is 7.00. The second-order valence-electron chi connectivity index (χ2n) is 10.5. The fourth-order valence-corrected chi connectivity index (χ4v) is 4.60. The fourth-order valence-electron chi connectivity index (χ4n) is 4.60. The molecule has 0 aromatic heterocycles. The van der Waals surface area contributed by atoms with Gasteiger partial charge in [0.2, 0.25) is 0 Å². The lowest BCUT2D eigenvalue weighted by Gasteiger charge is -2.36. The predicted octanol–water partition coefficient (Wildman–Crippen LogP) is 7.59. The molecule has 0 radical (unpaired) electrons. The van der Waals surface area contributed by atoms with E-state index in [1.54, 1.807) is 36.4 Å². The molecular weight excluding hydrogens is 488 g/mol. The van der Waals surface area contributed by atoms with Gasteiger partial charge in [-0.3, -0.25) is 4.79 Å². The number of ether oxygens (including phenoxy) is 1. The molecule has 0 saturated carbocycles. The quantitative estimate of drug-likeness (QED) is 0.121. The highest BCUT2D eigenvalue weighted by Gasteiger charge is 2.33. The minimum atomic E-state index is -0.427. The number of rotatable bonds is 11. The number of phenolic OH excluding ortho intramolecular Hbond substituents is 1. The molecule has 0 heterocycles. The molecule has 5 nitrogen and oxygen atoms in total. The summed E-state index contributed by atoms with van der Waals surface area (Å²) in [6.45, 7) is 8.42. The molecule has 2 aromatic carbocycles. The van der Waals surface area contributed by atoms with Crippen molar-refractivity contribution in [2.24, 2.45) is 11.8 Å². The zero-order valence-electron chi connectivity index (χ0n) is 23.2. The van der Waals surface area contributed by atoms with E-state index in [9.17, 15) is 20.1 Å². The normalized spacial score (nSPS) is 20.6. The average Bonchev–Trinajstić information content (AvgIpc) is 2.89. The lowest BCUT2D eigenvalue weighted by molar-refractivity contribution is -0.110. The maximum atomic E-state index is 12.1. The summed E-state index contributed by atoms with van der Waals surface area (Å²) in [5.74, 6) is 1.03. The van der Waals surface area contributed by atoms with Crippen molar-refractivity contribution < 1.29 is 24.9 Å². The number of hydrogen-bond donors (Lipinski definition) is 3. The van der Waals surface area contributed by atoms with E-state index in [0.29, 0.717) is 12.3 Å². The Hall–Kier alpha value is -3.83. The molecule has 0 spiro atoms. The molecule has 39 heavy (non-hydrogen) atoms. The van der Waals surface area contributed by atoms with E-state index in [1.165, 1.54) is 17.7 Å². The molecule has 0 bridgehead atoms. The van der Waals surface area contributed by atoms with Crippen LogP contribution in [0.4, 0.5) is 0 Å². The molecule has 3 rings (SSSR count). The van der Waals surface area contributed by atoms with Gasteiger partial charge >= 0.3 is 0 Å². The van der Waals surface area contributed by atoms with Crippen molar-refractivity contribution in [1.82, 2.24) is 0 Å². The van der Waals surface area contributed by atoms with Gasteiger partial charge in [-0.05, 0) is 105 Å². The number of aliphatic hydroxyl groups is 2. The number of hydrogen-bond acceptors (Lipinski definition) is 5. The van der Waals surface area contributed by atoms with Gasteiger partial charge in [-0.15, -0.1) is 0 Å². The van der Waals surface area contributed by atoms with Crippen LogP contribution in [-0.2, 0) is 4.79 Å². The van der Waals surface area contributed by atoms with Gasteiger partial charge in [0.05, 0.1) is 6.10 Å². The molecule has 206 valence electrons. The number of carbonyl (C=O) groups excluding carboxylic acids is 1. The number of aromatic hydroxyl groups is 1. The summed E-state index contributed by atoms with van der Waals surface area (Å²) in [4.78, 5) is 12.1. The molecule has 3 N–H and O–H groups in total. The van der Waals surface area contributed by atoms with Crippen molar-refractivity contribution in [2.45, 2.75) is 59.2 Å². The predicted molar refractivity (Wildman–Crippen MR) is 158 cm³/mol. The first-order valence-electron chi connectivity index (χ1n) is 13.5. The number of ketones is 1. The van der Waals surface area contributed by atoms with E-state index in [4.69, 9.17) is 4.74 Å². The molecule has 1 aliphatic carbocycles. The molecule has 2 aromatic rings. The van der Waals surface area contributed by atoms with Crippen molar-refractivity contribution in [1.29, 1.82) is 0 Å². The molecule has 0 fully saturated rings. The van der Waals surface area contributed by atoms with E-state index in [-0.39, 0.29) is 29.3 Å². The Morgan fingerprint density at radius 2 is 1.64 bits per heavy atom. The van der Waals surface area contributed by atoms with E-state index in [2.05, 4.69) is 32.9 Å². The van der Waals surface area contributed by atoms with Crippen LogP contribution in [0.25, 0.3) is 12.2 Å². The van der Waals surface area contributed by atoms with Gasteiger partial charge in [0.15, 0.2) is 5.78 Å². The van der Waals surface area contributed by atoms with Crippen molar-refractivity contribution in [3.05, 3.63) is 107 Å². The van der Waals surface area contributed by atoms with Gasteiger partial charge in [-0.2, -0.15) is 0 Å². The highest BCUT2D eigenvalue weighted by Crippen LogP contribution is 2.35. The fraction of sp³-hybridized carbons (Fsp3) is 0.324. The molecule has 1 aliphatic rings. The number of benzene rings is 2. The number of allylic oxidation sites excluding steroid dienone is 5. The Balaban J connectivity index is 1.60. The van der Waals surface area contributed by atoms with Crippen molar-refractivity contribution in [3.63, 3.8) is 0 Å². The minimum absolute atomic E-state index is 0.107. The smallest absolute Gasteiger partial charge is 0.182 e. The summed E-state index contributed by atoms with van der Waals surface area (Å²) in [5, 5.41) is 29.9. The van der Waals surface area contributed by atoms with E-state index in [0.717, 1.165) is 41.4 Å². The summed E-state index contributed by atoms with van der Waals surface area (Å²) in [6, 6.07) is 14.0. The van der Waals surface area contributed by atoms with Gasteiger partial charge in [0.25, 0.3) is 0 Å². The molecule has 0 amide bonds. The summed E-state index contributed by atoms with van der Waals surface area (Å²) < 4.78 is 6.38. The molecule has 4 unspecified atom stereocenters. The minimum Gasteiger partial charge on any atom is -0.508 e. The van der Waals surface area contributed by atoms with Crippen LogP contribution in [-0.4, -0.2) is 33.3 Å². The zero-order valence-corrected chi connectivity index (χ0v) is 23.2. The monoisotopic (exact) mass is 528 g/mol. The number of aliphatic hydroxyl groups excluding tert-OH is 2. The second-order valence-corrected chi connectivity index (χ2v) is 10.5. The zero-order chi connectivity index (χ0) is 28.4. The molecule has 0 aliphatic heterocycles. The van der Waals surface area contributed by atoms with Crippen molar-refractivity contribution in [3.8, 4) is 11.5 Å². The maximum absolute atomic E-state index is 12.1. The molecule has 4 atom stereocenters. The molecule has 5 heteroatoms. The average molecular weight is 529 g/mol. The van der Waals surface area contributed by atoms with Gasteiger partial charge in [0.1, 0.15) is 23.4 Å². The van der Waals surface area contributed by atoms with Crippen LogP contribution in [0.3, 0.4) is 0 Å². The number of phenols is 1. The number of carbonyl (C=O) groups is 1. The third-order valence-corrected chi connectivity index (χ3v) is 7.00. The van der Waals surface area contributed by atoms with Crippen molar-refractivity contribution >= 4 is 17.9 Å². The Kier molecular flexibility index (Phi) is 10.9. The molecule has 0 saturated heterocycles. The summed E-state index contributed by atoms with van der Waals surface area (Å²) in [6.07, 6.45) is 13.9. The van der Waals surface area contributed by atoms with Crippen LogP contribution < -0.4 is 4.74 Å². The topological polar surface area (TPSA) is 87.0 Å².